The standard InChI is InChI=1S/C21H21F3N2O3/c22-21(23,24)15-6-9-18(25-12-15)20(28)10-16-7-8-17(11-20)26(16)19(27)29-13-14-4-2-1-3-5-14/h1-6,9,12,16-17,28H,7-8,10-11,13H2. The molecule has 1 aromatic heterocycles. The lowest BCUT2D eigenvalue weighted by Gasteiger charge is -2.42. The highest BCUT2D eigenvalue weighted by atomic mass is 19.4. The predicted molar refractivity (Wildman–Crippen MR) is 97.6 cm³/mol. The van der Waals surface area contributed by atoms with E-state index < -0.39 is 23.4 Å². The molecular weight excluding hydrogens is 385 g/mol. The fraction of sp³-hybridized carbons (Fsp3) is 0.429. The molecule has 0 radical (unpaired) electrons. The quantitative estimate of drug-likeness (QED) is 0.828. The number of pyridine rings is 1. The molecule has 2 saturated heterocycles. The van der Waals surface area contributed by atoms with Crippen molar-refractivity contribution in [3.05, 3.63) is 65.5 Å². The molecule has 3 heterocycles. The van der Waals surface area contributed by atoms with Gasteiger partial charge in [0.1, 0.15) is 12.2 Å². The third kappa shape index (κ3) is 3.94. The Kier molecular flexibility index (Phi) is 4.98. The minimum atomic E-state index is -4.47. The number of alkyl halides is 3. The molecule has 1 aromatic carbocycles. The van der Waals surface area contributed by atoms with Gasteiger partial charge < -0.3 is 14.7 Å². The van der Waals surface area contributed by atoms with Crippen molar-refractivity contribution in [2.45, 2.75) is 56.2 Å². The van der Waals surface area contributed by atoms with Crippen molar-refractivity contribution in [1.29, 1.82) is 0 Å². The number of benzene rings is 1. The maximum Gasteiger partial charge on any atom is 0.417 e. The van der Waals surface area contributed by atoms with Crippen molar-refractivity contribution in [1.82, 2.24) is 9.88 Å². The summed E-state index contributed by atoms with van der Waals surface area (Å²) in [5.74, 6) is 0. The van der Waals surface area contributed by atoms with Gasteiger partial charge in [0, 0.05) is 31.1 Å². The van der Waals surface area contributed by atoms with Crippen LogP contribution in [0.1, 0.15) is 42.5 Å². The maximum atomic E-state index is 12.8. The topological polar surface area (TPSA) is 62.7 Å². The van der Waals surface area contributed by atoms with Crippen LogP contribution in [0.15, 0.2) is 48.7 Å². The number of carbonyl (C=O) groups is 1. The van der Waals surface area contributed by atoms with Crippen LogP contribution in [-0.4, -0.2) is 33.2 Å². The molecule has 1 N–H and O–H groups in total. The number of ether oxygens (including phenoxy) is 1. The highest BCUT2D eigenvalue weighted by Gasteiger charge is 2.51. The van der Waals surface area contributed by atoms with Crippen molar-refractivity contribution in [2.24, 2.45) is 0 Å². The molecule has 29 heavy (non-hydrogen) atoms. The molecule has 4 rings (SSSR count). The summed E-state index contributed by atoms with van der Waals surface area (Å²) in [5.41, 5.74) is -1.11. The van der Waals surface area contributed by atoms with Crippen LogP contribution in [0.5, 0.6) is 0 Å². The highest BCUT2D eigenvalue weighted by Crippen LogP contribution is 2.45. The SMILES string of the molecule is O=C(OCc1ccccc1)N1C2CCC1CC(O)(c1ccc(C(F)(F)F)cn1)C2. The second-order valence-electron chi connectivity index (χ2n) is 7.70. The van der Waals surface area contributed by atoms with Gasteiger partial charge in [-0.15, -0.1) is 0 Å². The highest BCUT2D eigenvalue weighted by molar-refractivity contribution is 5.69. The van der Waals surface area contributed by atoms with Crippen LogP contribution in [0, 0.1) is 0 Å². The lowest BCUT2D eigenvalue weighted by atomic mass is 9.83. The number of aromatic nitrogens is 1. The number of nitrogens with zero attached hydrogens (tertiary/aromatic N) is 2. The number of aliphatic hydroxyl groups is 1. The van der Waals surface area contributed by atoms with E-state index in [0.717, 1.165) is 17.8 Å². The maximum absolute atomic E-state index is 12.8. The number of hydrogen-bond acceptors (Lipinski definition) is 4. The van der Waals surface area contributed by atoms with Gasteiger partial charge in [0.15, 0.2) is 0 Å². The van der Waals surface area contributed by atoms with Crippen molar-refractivity contribution >= 4 is 6.09 Å². The summed E-state index contributed by atoms with van der Waals surface area (Å²) < 4.78 is 43.7. The first-order chi connectivity index (χ1) is 13.8. The summed E-state index contributed by atoms with van der Waals surface area (Å²) in [4.78, 5) is 18.2. The van der Waals surface area contributed by atoms with Crippen LogP contribution in [0.4, 0.5) is 18.0 Å². The first-order valence-corrected chi connectivity index (χ1v) is 9.51. The summed E-state index contributed by atoms with van der Waals surface area (Å²) >= 11 is 0. The Morgan fingerprint density at radius 3 is 2.34 bits per heavy atom. The van der Waals surface area contributed by atoms with E-state index in [1.165, 1.54) is 6.07 Å². The molecule has 0 saturated carbocycles. The number of amides is 1. The molecule has 154 valence electrons. The molecule has 2 aliphatic heterocycles. The summed E-state index contributed by atoms with van der Waals surface area (Å²) in [7, 11) is 0. The average molecular weight is 406 g/mol. The van der Waals surface area contributed by atoms with E-state index in [-0.39, 0.29) is 37.2 Å². The van der Waals surface area contributed by atoms with Gasteiger partial charge in [0.2, 0.25) is 0 Å². The number of rotatable bonds is 3. The first-order valence-electron chi connectivity index (χ1n) is 9.51. The summed E-state index contributed by atoms with van der Waals surface area (Å²) in [5, 5.41) is 11.1. The van der Waals surface area contributed by atoms with E-state index >= 15 is 0 Å². The van der Waals surface area contributed by atoms with Gasteiger partial charge in [-0.25, -0.2) is 4.79 Å². The number of fused-ring (bicyclic) bond motifs is 2. The van der Waals surface area contributed by atoms with E-state index in [2.05, 4.69) is 4.98 Å². The largest absolute Gasteiger partial charge is 0.445 e. The Hall–Kier alpha value is -2.61. The normalized spacial score (nSPS) is 26.4. The zero-order chi connectivity index (χ0) is 20.6. The lowest BCUT2D eigenvalue weighted by Crippen LogP contribution is -2.52. The van der Waals surface area contributed by atoms with E-state index in [1.54, 1.807) is 4.90 Å². The molecule has 2 fully saturated rings. The summed E-state index contributed by atoms with van der Waals surface area (Å²) in [6, 6.07) is 11.0. The van der Waals surface area contributed by atoms with Gasteiger partial charge in [0.25, 0.3) is 0 Å². The van der Waals surface area contributed by atoms with Crippen molar-refractivity contribution in [3.8, 4) is 0 Å². The van der Waals surface area contributed by atoms with Crippen LogP contribution in [0.2, 0.25) is 0 Å². The predicted octanol–water partition coefficient (Wildman–Crippen LogP) is 4.25. The van der Waals surface area contributed by atoms with Crippen LogP contribution < -0.4 is 0 Å². The van der Waals surface area contributed by atoms with Gasteiger partial charge in [-0.1, -0.05) is 30.3 Å². The minimum absolute atomic E-state index is 0.167. The Morgan fingerprint density at radius 2 is 1.79 bits per heavy atom. The number of hydrogen-bond donors (Lipinski definition) is 1. The monoisotopic (exact) mass is 406 g/mol. The zero-order valence-electron chi connectivity index (χ0n) is 15.6. The number of piperidine rings is 1. The molecule has 8 heteroatoms. The van der Waals surface area contributed by atoms with Gasteiger partial charge in [-0.05, 0) is 30.5 Å². The van der Waals surface area contributed by atoms with Gasteiger partial charge in [-0.3, -0.25) is 4.98 Å². The van der Waals surface area contributed by atoms with Crippen molar-refractivity contribution < 1.29 is 27.8 Å². The summed E-state index contributed by atoms with van der Waals surface area (Å²) in [6.07, 6.45) is -2.27. The molecular formula is C21H21F3N2O3. The molecule has 5 nitrogen and oxygen atoms in total. The lowest BCUT2D eigenvalue weighted by molar-refractivity contribution is -0.138. The van der Waals surface area contributed by atoms with Crippen LogP contribution in [0.3, 0.4) is 0 Å². The molecule has 0 aliphatic carbocycles. The molecule has 2 bridgehead atoms. The average Bonchev–Trinajstić information content (AvgIpc) is 2.98. The minimum Gasteiger partial charge on any atom is -0.445 e. The Balaban J connectivity index is 1.45. The molecule has 2 aliphatic rings. The number of halogens is 3. The molecule has 0 spiro atoms. The van der Waals surface area contributed by atoms with E-state index in [0.29, 0.717) is 12.8 Å². The number of carbonyl (C=O) groups excluding carboxylic acids is 1. The third-order valence-electron chi connectivity index (χ3n) is 5.75. The van der Waals surface area contributed by atoms with Crippen LogP contribution >= 0.6 is 0 Å². The smallest absolute Gasteiger partial charge is 0.417 e. The van der Waals surface area contributed by atoms with Gasteiger partial charge in [0.05, 0.1) is 11.3 Å². The third-order valence-corrected chi connectivity index (χ3v) is 5.75. The van der Waals surface area contributed by atoms with E-state index in [9.17, 15) is 23.1 Å². The molecule has 2 aromatic rings. The second kappa shape index (κ2) is 7.33. The molecule has 2 unspecified atom stereocenters. The second-order valence-corrected chi connectivity index (χ2v) is 7.70. The van der Waals surface area contributed by atoms with E-state index in [1.807, 2.05) is 30.3 Å². The van der Waals surface area contributed by atoms with Crippen molar-refractivity contribution in [2.75, 3.05) is 0 Å². The molecule has 1 amide bonds. The van der Waals surface area contributed by atoms with E-state index in [4.69, 9.17) is 4.74 Å². The fourth-order valence-corrected chi connectivity index (χ4v) is 4.36. The van der Waals surface area contributed by atoms with Gasteiger partial charge >= 0.3 is 12.3 Å². The summed E-state index contributed by atoms with van der Waals surface area (Å²) in [6.45, 7) is 0.167. The first kappa shape index (κ1) is 19.7. The molecule has 2 atom stereocenters. The Bertz CT molecular complexity index is 857. The van der Waals surface area contributed by atoms with Crippen LogP contribution in [0.25, 0.3) is 0 Å². The van der Waals surface area contributed by atoms with Crippen molar-refractivity contribution in [3.63, 3.8) is 0 Å². The Morgan fingerprint density at radius 1 is 1.14 bits per heavy atom. The van der Waals surface area contributed by atoms with Gasteiger partial charge in [-0.2, -0.15) is 13.2 Å². The fourth-order valence-electron chi connectivity index (χ4n) is 4.36. The zero-order valence-corrected chi connectivity index (χ0v) is 15.6. The Labute approximate surface area is 166 Å². The van der Waals surface area contributed by atoms with Crippen LogP contribution in [-0.2, 0) is 23.1 Å².